The standard InChI is InChI=1S/C23H24N2O4S/c1-25-12-19(16-5-3-4-6-17(16)23(25)26)18-11-20-15(10-22(24-20)30(2,27)28)9-21(18)29-13-14-7-8-14/h3-6,9,11-12,14,22,24H,7-8,10,13H2,1-2H3. The molecule has 0 spiro atoms. The number of aromatic nitrogens is 1. The predicted molar refractivity (Wildman–Crippen MR) is 119 cm³/mol. The molecule has 156 valence electrons. The first-order chi connectivity index (χ1) is 14.3. The van der Waals surface area contributed by atoms with E-state index in [1.54, 1.807) is 11.6 Å². The lowest BCUT2D eigenvalue weighted by molar-refractivity contribution is 0.301. The smallest absolute Gasteiger partial charge is 0.258 e. The number of fused-ring (bicyclic) bond motifs is 2. The molecule has 0 radical (unpaired) electrons. The molecule has 1 atom stereocenters. The quantitative estimate of drug-likeness (QED) is 0.680. The maximum absolute atomic E-state index is 12.6. The van der Waals surface area contributed by atoms with Gasteiger partial charge >= 0.3 is 0 Å². The highest BCUT2D eigenvalue weighted by Crippen LogP contribution is 2.42. The third-order valence-corrected chi connectivity index (χ3v) is 7.31. The number of nitrogens with one attached hydrogen (secondary N) is 1. The molecule has 3 aromatic rings. The molecule has 7 heteroatoms. The third kappa shape index (κ3) is 3.37. The molecule has 2 aliphatic rings. The number of ether oxygens (including phenoxy) is 1. The lowest BCUT2D eigenvalue weighted by Gasteiger charge is -2.16. The van der Waals surface area contributed by atoms with Gasteiger partial charge in [0.25, 0.3) is 5.56 Å². The van der Waals surface area contributed by atoms with Crippen molar-refractivity contribution >= 4 is 26.3 Å². The highest BCUT2D eigenvalue weighted by atomic mass is 32.2. The Bertz CT molecular complexity index is 1320. The minimum atomic E-state index is -3.22. The molecule has 2 heterocycles. The van der Waals surface area contributed by atoms with E-state index in [9.17, 15) is 13.2 Å². The molecule has 2 aromatic carbocycles. The van der Waals surface area contributed by atoms with Crippen molar-refractivity contribution < 1.29 is 13.2 Å². The van der Waals surface area contributed by atoms with Crippen LogP contribution in [0.5, 0.6) is 5.75 Å². The molecule has 0 amide bonds. The van der Waals surface area contributed by atoms with Gasteiger partial charge in [-0.1, -0.05) is 18.2 Å². The topological polar surface area (TPSA) is 77.4 Å². The molecular weight excluding hydrogens is 400 g/mol. The summed E-state index contributed by atoms with van der Waals surface area (Å²) in [5, 5.41) is 4.02. The molecule has 1 saturated carbocycles. The number of rotatable bonds is 5. The van der Waals surface area contributed by atoms with Crippen molar-refractivity contribution in [2.45, 2.75) is 24.6 Å². The van der Waals surface area contributed by atoms with Gasteiger partial charge in [0.1, 0.15) is 11.1 Å². The number of benzene rings is 2. The van der Waals surface area contributed by atoms with Crippen LogP contribution in [0.1, 0.15) is 18.4 Å². The molecule has 0 saturated heterocycles. The van der Waals surface area contributed by atoms with Gasteiger partial charge in [-0.15, -0.1) is 0 Å². The van der Waals surface area contributed by atoms with Crippen LogP contribution in [-0.2, 0) is 23.3 Å². The SMILES string of the molecule is Cn1cc(-c2cc3c(cc2OCC2CC2)CC(S(C)(=O)=O)N3)c2ccccc2c1=O. The molecule has 1 aromatic heterocycles. The largest absolute Gasteiger partial charge is 0.493 e. The van der Waals surface area contributed by atoms with Crippen molar-refractivity contribution in [1.29, 1.82) is 0 Å². The van der Waals surface area contributed by atoms with Crippen molar-refractivity contribution in [3.8, 4) is 16.9 Å². The van der Waals surface area contributed by atoms with Crippen LogP contribution >= 0.6 is 0 Å². The van der Waals surface area contributed by atoms with Crippen LogP contribution in [0.3, 0.4) is 0 Å². The first-order valence-corrected chi connectivity index (χ1v) is 12.1. The lowest BCUT2D eigenvalue weighted by Crippen LogP contribution is -2.25. The minimum Gasteiger partial charge on any atom is -0.493 e. The fourth-order valence-corrected chi connectivity index (χ4v) is 4.88. The number of sulfone groups is 1. The Kier molecular flexibility index (Phi) is 4.39. The zero-order valence-corrected chi connectivity index (χ0v) is 17.8. The van der Waals surface area contributed by atoms with Gasteiger partial charge < -0.3 is 14.6 Å². The van der Waals surface area contributed by atoms with E-state index in [-0.39, 0.29) is 5.56 Å². The summed E-state index contributed by atoms with van der Waals surface area (Å²) >= 11 is 0. The van der Waals surface area contributed by atoms with E-state index in [0.717, 1.165) is 33.5 Å². The van der Waals surface area contributed by atoms with E-state index in [4.69, 9.17) is 4.74 Å². The Hall–Kier alpha value is -2.80. The van der Waals surface area contributed by atoms with E-state index in [2.05, 4.69) is 5.32 Å². The van der Waals surface area contributed by atoms with Crippen molar-refractivity contribution in [1.82, 2.24) is 4.57 Å². The summed E-state index contributed by atoms with van der Waals surface area (Å²) in [5.41, 5.74) is 3.45. The van der Waals surface area contributed by atoms with Crippen LogP contribution < -0.4 is 15.6 Å². The fraction of sp³-hybridized carbons (Fsp3) is 0.348. The van der Waals surface area contributed by atoms with Crippen molar-refractivity contribution in [3.05, 3.63) is 58.5 Å². The molecule has 1 fully saturated rings. The first kappa shape index (κ1) is 19.2. The van der Waals surface area contributed by atoms with Crippen LogP contribution in [0.15, 0.2) is 47.4 Å². The average molecular weight is 425 g/mol. The molecule has 1 unspecified atom stereocenters. The third-order valence-electron chi connectivity index (χ3n) is 6.00. The van der Waals surface area contributed by atoms with Gasteiger partial charge in [0.2, 0.25) is 0 Å². The highest BCUT2D eigenvalue weighted by Gasteiger charge is 2.31. The Morgan fingerprint density at radius 1 is 1.13 bits per heavy atom. The Labute approximate surface area is 175 Å². The lowest BCUT2D eigenvalue weighted by atomic mass is 9.97. The van der Waals surface area contributed by atoms with Crippen molar-refractivity contribution in [3.63, 3.8) is 0 Å². The van der Waals surface area contributed by atoms with Crippen LogP contribution in [0, 0.1) is 5.92 Å². The number of hydrogen-bond donors (Lipinski definition) is 1. The Morgan fingerprint density at radius 2 is 1.87 bits per heavy atom. The number of aryl methyl sites for hydroxylation is 1. The first-order valence-electron chi connectivity index (χ1n) is 10.1. The molecule has 1 aliphatic carbocycles. The molecule has 1 aliphatic heterocycles. The molecule has 5 rings (SSSR count). The monoisotopic (exact) mass is 424 g/mol. The van der Waals surface area contributed by atoms with Crippen LogP contribution in [-0.4, -0.2) is 31.2 Å². The second kappa shape index (κ2) is 6.87. The van der Waals surface area contributed by atoms with Gasteiger partial charge in [-0.25, -0.2) is 8.42 Å². The normalized spacial score (nSPS) is 18.3. The Balaban J connectivity index is 1.69. The average Bonchev–Trinajstić information content (AvgIpc) is 3.44. The maximum Gasteiger partial charge on any atom is 0.258 e. The van der Waals surface area contributed by atoms with Crippen molar-refractivity contribution in [2.24, 2.45) is 13.0 Å². The molecule has 1 N–H and O–H groups in total. The summed E-state index contributed by atoms with van der Waals surface area (Å²) in [7, 11) is -1.48. The van der Waals surface area contributed by atoms with Gasteiger partial charge in [-0.2, -0.15) is 0 Å². The van der Waals surface area contributed by atoms with Crippen LogP contribution in [0.25, 0.3) is 21.9 Å². The van der Waals surface area contributed by atoms with Crippen LogP contribution in [0.4, 0.5) is 5.69 Å². The van der Waals surface area contributed by atoms with Gasteiger partial charge in [0.05, 0.1) is 6.61 Å². The number of hydrogen-bond acceptors (Lipinski definition) is 5. The maximum atomic E-state index is 12.6. The number of anilines is 1. The zero-order chi connectivity index (χ0) is 21.0. The molecule has 0 bridgehead atoms. The fourth-order valence-electron chi connectivity index (χ4n) is 4.06. The summed E-state index contributed by atoms with van der Waals surface area (Å²) in [6.07, 6.45) is 5.87. The van der Waals surface area contributed by atoms with E-state index in [0.29, 0.717) is 24.3 Å². The Morgan fingerprint density at radius 3 is 2.57 bits per heavy atom. The van der Waals surface area contributed by atoms with Gasteiger partial charge in [0, 0.05) is 48.1 Å². The zero-order valence-electron chi connectivity index (χ0n) is 17.0. The van der Waals surface area contributed by atoms with Gasteiger partial charge in [-0.05, 0) is 47.9 Å². The van der Waals surface area contributed by atoms with E-state index >= 15 is 0 Å². The van der Waals surface area contributed by atoms with E-state index in [1.807, 2.05) is 42.6 Å². The van der Waals surface area contributed by atoms with Crippen LogP contribution in [0.2, 0.25) is 0 Å². The number of pyridine rings is 1. The summed E-state index contributed by atoms with van der Waals surface area (Å²) in [5.74, 6) is 1.32. The minimum absolute atomic E-state index is 0.0498. The second-order valence-electron chi connectivity index (χ2n) is 8.43. The molecule has 30 heavy (non-hydrogen) atoms. The van der Waals surface area contributed by atoms with Gasteiger partial charge in [0.15, 0.2) is 9.84 Å². The summed E-state index contributed by atoms with van der Waals surface area (Å²) < 4.78 is 32.0. The van der Waals surface area contributed by atoms with E-state index < -0.39 is 15.2 Å². The highest BCUT2D eigenvalue weighted by molar-refractivity contribution is 7.91. The summed E-state index contributed by atoms with van der Waals surface area (Å²) in [6, 6.07) is 11.5. The number of nitrogens with zero attached hydrogens (tertiary/aromatic N) is 1. The van der Waals surface area contributed by atoms with Gasteiger partial charge in [-0.3, -0.25) is 4.79 Å². The van der Waals surface area contributed by atoms with E-state index in [1.165, 1.54) is 19.1 Å². The summed E-state index contributed by atoms with van der Waals surface area (Å²) in [6.45, 7) is 0.651. The molecule has 6 nitrogen and oxygen atoms in total. The predicted octanol–water partition coefficient (Wildman–Crippen LogP) is 3.33. The second-order valence-corrected chi connectivity index (χ2v) is 10.7. The van der Waals surface area contributed by atoms with Crippen molar-refractivity contribution in [2.75, 3.05) is 18.2 Å². The molecular formula is C23H24N2O4S. The summed E-state index contributed by atoms with van der Waals surface area (Å²) in [4.78, 5) is 12.6.